The predicted molar refractivity (Wildman–Crippen MR) is 59.3 cm³/mol. The van der Waals surface area contributed by atoms with Gasteiger partial charge in [0.1, 0.15) is 11.3 Å². The number of hydrogen-bond donors (Lipinski definition) is 1. The molecule has 1 aromatic carbocycles. The molecule has 0 aliphatic heterocycles. The van der Waals surface area contributed by atoms with Crippen molar-refractivity contribution in [2.75, 3.05) is 7.11 Å². The highest BCUT2D eigenvalue weighted by atomic mass is 16.5. The predicted octanol–water partition coefficient (Wildman–Crippen LogP) is 1.05. The van der Waals surface area contributed by atoms with Crippen LogP contribution in [0.2, 0.25) is 0 Å². The Morgan fingerprint density at radius 3 is 2.69 bits per heavy atom. The number of aromatic nitrogens is 2. The molecule has 0 aliphatic carbocycles. The second-order valence-electron chi connectivity index (χ2n) is 3.47. The van der Waals surface area contributed by atoms with Crippen LogP contribution in [-0.2, 0) is 0 Å². The molecular formula is C11H11N3O2. The Bertz CT molecular complexity index is 566. The van der Waals surface area contributed by atoms with Gasteiger partial charge in [-0.05, 0) is 25.1 Å². The van der Waals surface area contributed by atoms with E-state index < -0.39 is 5.91 Å². The summed E-state index contributed by atoms with van der Waals surface area (Å²) in [6.07, 6.45) is 0. The number of methoxy groups -OCH3 is 1. The number of nitrogens with zero attached hydrogens (tertiary/aromatic N) is 2. The van der Waals surface area contributed by atoms with Crippen molar-refractivity contribution in [3.8, 4) is 5.75 Å². The first-order valence-corrected chi connectivity index (χ1v) is 4.73. The number of amides is 1. The second kappa shape index (κ2) is 3.77. The van der Waals surface area contributed by atoms with Gasteiger partial charge in [-0.25, -0.2) is 0 Å². The molecule has 0 atom stereocenters. The van der Waals surface area contributed by atoms with Crippen molar-refractivity contribution in [1.29, 1.82) is 0 Å². The van der Waals surface area contributed by atoms with Crippen LogP contribution in [0.4, 0.5) is 0 Å². The first kappa shape index (κ1) is 10.4. The molecule has 0 saturated carbocycles. The Labute approximate surface area is 92.2 Å². The molecule has 2 N–H and O–H groups in total. The number of benzene rings is 1. The first-order chi connectivity index (χ1) is 7.61. The van der Waals surface area contributed by atoms with Gasteiger partial charge in [-0.15, -0.1) is 5.10 Å². The average molecular weight is 217 g/mol. The summed E-state index contributed by atoms with van der Waals surface area (Å²) in [7, 11) is 1.51. The van der Waals surface area contributed by atoms with Crippen LogP contribution in [0.1, 0.15) is 16.1 Å². The highest BCUT2D eigenvalue weighted by Gasteiger charge is 2.09. The van der Waals surface area contributed by atoms with Gasteiger partial charge in [-0.3, -0.25) is 4.79 Å². The number of rotatable bonds is 2. The normalized spacial score (nSPS) is 10.4. The third kappa shape index (κ3) is 1.67. The van der Waals surface area contributed by atoms with Crippen molar-refractivity contribution in [3.05, 3.63) is 29.5 Å². The lowest BCUT2D eigenvalue weighted by Gasteiger charge is -2.06. The van der Waals surface area contributed by atoms with E-state index in [1.807, 2.05) is 13.0 Å². The van der Waals surface area contributed by atoms with E-state index in [4.69, 9.17) is 10.5 Å². The lowest BCUT2D eigenvalue weighted by atomic mass is 10.1. The number of ether oxygens (including phenoxy) is 1. The first-order valence-electron chi connectivity index (χ1n) is 4.73. The summed E-state index contributed by atoms with van der Waals surface area (Å²) >= 11 is 0. The van der Waals surface area contributed by atoms with Gasteiger partial charge in [-0.2, -0.15) is 5.10 Å². The summed E-state index contributed by atoms with van der Waals surface area (Å²) < 4.78 is 5.15. The van der Waals surface area contributed by atoms with Crippen LogP contribution in [-0.4, -0.2) is 23.2 Å². The minimum Gasteiger partial charge on any atom is -0.494 e. The van der Waals surface area contributed by atoms with E-state index in [2.05, 4.69) is 10.2 Å². The highest BCUT2D eigenvalue weighted by Crippen LogP contribution is 2.25. The van der Waals surface area contributed by atoms with Crippen LogP contribution in [0.5, 0.6) is 5.75 Å². The summed E-state index contributed by atoms with van der Waals surface area (Å²) in [4.78, 5) is 11.1. The van der Waals surface area contributed by atoms with E-state index in [0.717, 1.165) is 11.1 Å². The molecule has 2 rings (SSSR count). The molecule has 5 heteroatoms. The molecule has 0 unspecified atom stereocenters. The largest absolute Gasteiger partial charge is 0.494 e. The topological polar surface area (TPSA) is 78.1 Å². The Kier molecular flexibility index (Phi) is 2.44. The second-order valence-corrected chi connectivity index (χ2v) is 3.47. The van der Waals surface area contributed by atoms with Crippen LogP contribution >= 0.6 is 0 Å². The van der Waals surface area contributed by atoms with Gasteiger partial charge in [0.05, 0.1) is 12.8 Å². The number of carbonyl (C=O) groups is 1. The molecule has 1 heterocycles. The van der Waals surface area contributed by atoms with Gasteiger partial charge in [0.25, 0.3) is 0 Å². The van der Waals surface area contributed by atoms with Crippen LogP contribution in [0.25, 0.3) is 10.9 Å². The third-order valence-electron chi connectivity index (χ3n) is 2.28. The molecule has 16 heavy (non-hydrogen) atoms. The van der Waals surface area contributed by atoms with E-state index in [0.29, 0.717) is 16.8 Å². The summed E-state index contributed by atoms with van der Waals surface area (Å²) in [5.41, 5.74) is 7.03. The minimum atomic E-state index is -0.491. The minimum absolute atomic E-state index is 0.400. The molecular weight excluding hydrogens is 206 g/mol. The van der Waals surface area contributed by atoms with Gasteiger partial charge in [0.2, 0.25) is 5.91 Å². The molecule has 0 spiro atoms. The van der Waals surface area contributed by atoms with Crippen LogP contribution in [0.15, 0.2) is 18.2 Å². The van der Waals surface area contributed by atoms with Gasteiger partial charge < -0.3 is 10.5 Å². The Hall–Kier alpha value is -2.17. The van der Waals surface area contributed by atoms with Crippen molar-refractivity contribution in [2.24, 2.45) is 5.73 Å². The van der Waals surface area contributed by atoms with Crippen LogP contribution < -0.4 is 10.5 Å². The fourth-order valence-electron chi connectivity index (χ4n) is 1.53. The van der Waals surface area contributed by atoms with Gasteiger partial charge >= 0.3 is 0 Å². The molecule has 0 fully saturated rings. The summed E-state index contributed by atoms with van der Waals surface area (Å²) in [6.45, 7) is 1.83. The van der Waals surface area contributed by atoms with E-state index in [-0.39, 0.29) is 0 Å². The molecule has 1 aromatic heterocycles. The molecule has 2 aromatic rings. The van der Waals surface area contributed by atoms with Crippen LogP contribution in [0, 0.1) is 6.92 Å². The number of hydrogen-bond acceptors (Lipinski definition) is 4. The number of aryl methyl sites for hydroxylation is 1. The van der Waals surface area contributed by atoms with Crippen molar-refractivity contribution in [2.45, 2.75) is 6.92 Å². The molecule has 5 nitrogen and oxygen atoms in total. The van der Waals surface area contributed by atoms with E-state index in [1.165, 1.54) is 7.11 Å². The van der Waals surface area contributed by atoms with Gasteiger partial charge in [0, 0.05) is 10.9 Å². The zero-order valence-corrected chi connectivity index (χ0v) is 9.02. The molecule has 0 radical (unpaired) electrons. The third-order valence-corrected chi connectivity index (χ3v) is 2.28. The molecule has 0 saturated heterocycles. The summed E-state index contributed by atoms with van der Waals surface area (Å²) in [5.74, 6) is 0.00784. The standard InChI is InChI=1S/C11H11N3O2/c1-6-3-7-4-8(11(12)15)5-9(16-2)10(7)14-13-6/h3-5H,1-2H3,(H2,12,15). The van der Waals surface area contributed by atoms with Crippen molar-refractivity contribution in [1.82, 2.24) is 10.2 Å². The number of primary amides is 1. The maximum atomic E-state index is 11.1. The molecule has 0 bridgehead atoms. The zero-order valence-electron chi connectivity index (χ0n) is 9.02. The lowest BCUT2D eigenvalue weighted by Crippen LogP contribution is -2.11. The quantitative estimate of drug-likeness (QED) is 0.815. The fraction of sp³-hybridized carbons (Fsp3) is 0.182. The molecule has 0 aliphatic rings. The van der Waals surface area contributed by atoms with Crippen LogP contribution in [0.3, 0.4) is 0 Å². The highest BCUT2D eigenvalue weighted by molar-refractivity contribution is 5.98. The van der Waals surface area contributed by atoms with Crippen molar-refractivity contribution >= 4 is 16.8 Å². The van der Waals surface area contributed by atoms with E-state index in [9.17, 15) is 4.79 Å². The number of nitrogens with two attached hydrogens (primary N) is 1. The Balaban J connectivity index is 2.78. The number of fused-ring (bicyclic) bond motifs is 1. The number of carbonyl (C=O) groups excluding carboxylic acids is 1. The maximum Gasteiger partial charge on any atom is 0.248 e. The smallest absolute Gasteiger partial charge is 0.248 e. The maximum absolute atomic E-state index is 11.1. The van der Waals surface area contributed by atoms with Gasteiger partial charge in [0.15, 0.2) is 0 Å². The monoisotopic (exact) mass is 217 g/mol. The summed E-state index contributed by atoms with van der Waals surface area (Å²) in [5, 5.41) is 8.76. The molecule has 82 valence electrons. The molecule has 1 amide bonds. The SMILES string of the molecule is COc1cc(C(N)=O)cc2cc(C)nnc12. The fourth-order valence-corrected chi connectivity index (χ4v) is 1.53. The van der Waals surface area contributed by atoms with E-state index >= 15 is 0 Å². The lowest BCUT2D eigenvalue weighted by molar-refractivity contribution is 0.1000. The van der Waals surface area contributed by atoms with Crippen molar-refractivity contribution in [3.63, 3.8) is 0 Å². The Morgan fingerprint density at radius 2 is 2.06 bits per heavy atom. The summed E-state index contributed by atoms with van der Waals surface area (Å²) in [6, 6.07) is 5.08. The van der Waals surface area contributed by atoms with Gasteiger partial charge in [-0.1, -0.05) is 0 Å². The van der Waals surface area contributed by atoms with E-state index in [1.54, 1.807) is 12.1 Å². The Morgan fingerprint density at radius 1 is 1.31 bits per heavy atom. The van der Waals surface area contributed by atoms with Crippen molar-refractivity contribution < 1.29 is 9.53 Å². The zero-order chi connectivity index (χ0) is 11.7. The average Bonchev–Trinajstić information content (AvgIpc) is 2.26.